The second-order valence-electron chi connectivity index (χ2n) is 4.82. The Morgan fingerprint density at radius 3 is 2.26 bits per heavy atom. The van der Waals surface area contributed by atoms with Crippen LogP contribution in [0.15, 0.2) is 65.5 Å². The highest BCUT2D eigenvalue weighted by Gasteiger charge is 2.08. The zero-order chi connectivity index (χ0) is 16.1. The van der Waals surface area contributed by atoms with E-state index in [0.29, 0.717) is 0 Å². The van der Waals surface area contributed by atoms with E-state index in [1.54, 1.807) is 12.2 Å². The molecule has 3 N–H and O–H groups in total. The summed E-state index contributed by atoms with van der Waals surface area (Å²) < 4.78 is 0.949. The zero-order valence-corrected chi connectivity index (χ0v) is 12.3. The monoisotopic (exact) mass is 305 g/mol. The van der Waals surface area contributed by atoms with E-state index < -0.39 is 5.56 Å². The number of para-hydroxylation sites is 1. The minimum atomic E-state index is -0.425. The predicted molar refractivity (Wildman–Crippen MR) is 91.5 cm³/mol. The Hall–Kier alpha value is -3.41. The van der Waals surface area contributed by atoms with Crippen LogP contribution >= 0.6 is 0 Å². The lowest BCUT2D eigenvalue weighted by Crippen LogP contribution is -2.32. The third-order valence-electron chi connectivity index (χ3n) is 3.18. The molecule has 6 heteroatoms. The average molecular weight is 305 g/mol. The molecule has 3 aromatic rings. The lowest BCUT2D eigenvalue weighted by atomic mass is 10.2. The third-order valence-corrected chi connectivity index (χ3v) is 3.18. The number of benzene rings is 2. The first kappa shape index (κ1) is 14.5. The second-order valence-corrected chi connectivity index (χ2v) is 4.82. The van der Waals surface area contributed by atoms with Gasteiger partial charge in [0.05, 0.1) is 0 Å². The summed E-state index contributed by atoms with van der Waals surface area (Å²) in [7, 11) is 0. The van der Waals surface area contributed by atoms with Crippen LogP contribution in [0.4, 0.5) is 11.6 Å². The number of hydrogen-bond donors (Lipinski definition) is 2. The molecule has 0 aliphatic heterocycles. The van der Waals surface area contributed by atoms with E-state index >= 15 is 0 Å². The van der Waals surface area contributed by atoms with E-state index in [4.69, 9.17) is 5.84 Å². The maximum absolute atomic E-state index is 12.2. The van der Waals surface area contributed by atoms with Gasteiger partial charge >= 0.3 is 0 Å². The number of nitrogens with one attached hydrogen (secondary N) is 1. The van der Waals surface area contributed by atoms with Crippen LogP contribution in [-0.2, 0) is 0 Å². The van der Waals surface area contributed by atoms with Gasteiger partial charge in [0.2, 0.25) is 5.95 Å². The zero-order valence-electron chi connectivity index (χ0n) is 12.3. The molecular formula is C17H15N5O. The van der Waals surface area contributed by atoms with Crippen LogP contribution in [0.2, 0.25) is 0 Å². The Balaban J connectivity index is 1.86. The molecule has 3 rings (SSSR count). The van der Waals surface area contributed by atoms with Crippen molar-refractivity contribution < 1.29 is 0 Å². The normalized spacial score (nSPS) is 10.8. The highest BCUT2D eigenvalue weighted by atomic mass is 16.1. The summed E-state index contributed by atoms with van der Waals surface area (Å²) in [6, 6.07) is 18.9. The molecule has 0 bridgehead atoms. The summed E-state index contributed by atoms with van der Waals surface area (Å²) in [6.45, 7) is 0. The van der Waals surface area contributed by atoms with Crippen LogP contribution in [0.5, 0.6) is 0 Å². The highest BCUT2D eigenvalue weighted by molar-refractivity contribution is 5.67. The minimum absolute atomic E-state index is 0.176. The first-order valence-electron chi connectivity index (χ1n) is 7.04. The van der Waals surface area contributed by atoms with Gasteiger partial charge in [0.25, 0.3) is 5.56 Å². The van der Waals surface area contributed by atoms with Crippen LogP contribution in [0.25, 0.3) is 12.2 Å². The van der Waals surface area contributed by atoms with Crippen molar-refractivity contribution in [2.75, 3.05) is 11.2 Å². The van der Waals surface area contributed by atoms with Gasteiger partial charge in [-0.2, -0.15) is 4.68 Å². The first-order valence-corrected chi connectivity index (χ1v) is 7.04. The maximum Gasteiger partial charge on any atom is 0.299 e. The number of aromatic nitrogens is 3. The Morgan fingerprint density at radius 1 is 0.913 bits per heavy atom. The van der Waals surface area contributed by atoms with E-state index in [2.05, 4.69) is 15.5 Å². The Morgan fingerprint density at radius 2 is 1.57 bits per heavy atom. The third kappa shape index (κ3) is 3.44. The summed E-state index contributed by atoms with van der Waals surface area (Å²) in [4.78, 5) is 12.2. The molecule has 0 atom stereocenters. The van der Waals surface area contributed by atoms with Gasteiger partial charge in [0, 0.05) is 5.69 Å². The fourth-order valence-corrected chi connectivity index (χ4v) is 1.99. The molecule has 0 aliphatic carbocycles. The van der Waals surface area contributed by atoms with Crippen LogP contribution < -0.4 is 16.7 Å². The number of nitrogens with two attached hydrogens (primary N) is 1. The van der Waals surface area contributed by atoms with Crippen molar-refractivity contribution in [1.82, 2.24) is 14.9 Å². The van der Waals surface area contributed by atoms with Gasteiger partial charge in [-0.25, -0.2) is 0 Å². The minimum Gasteiger partial charge on any atom is -0.333 e. The van der Waals surface area contributed by atoms with Gasteiger partial charge in [-0.3, -0.25) is 4.79 Å². The number of hydrogen-bond acceptors (Lipinski definition) is 5. The smallest absolute Gasteiger partial charge is 0.299 e. The van der Waals surface area contributed by atoms with E-state index in [-0.39, 0.29) is 11.6 Å². The molecule has 6 nitrogen and oxygen atoms in total. The Labute approximate surface area is 132 Å². The molecule has 0 saturated carbocycles. The molecule has 114 valence electrons. The predicted octanol–water partition coefficient (Wildman–Crippen LogP) is 2.27. The lowest BCUT2D eigenvalue weighted by molar-refractivity contribution is 0.828. The van der Waals surface area contributed by atoms with Gasteiger partial charge in [-0.05, 0) is 23.8 Å². The van der Waals surface area contributed by atoms with Crippen molar-refractivity contribution in [3.05, 3.63) is 82.3 Å². The first-order chi connectivity index (χ1) is 11.2. The molecule has 0 spiro atoms. The molecule has 0 radical (unpaired) electrons. The van der Waals surface area contributed by atoms with Gasteiger partial charge in [-0.1, -0.05) is 54.6 Å². The van der Waals surface area contributed by atoms with E-state index in [0.717, 1.165) is 15.9 Å². The summed E-state index contributed by atoms with van der Waals surface area (Å²) in [5, 5.41) is 10.9. The number of nitrogen functional groups attached to an aromatic ring is 1. The van der Waals surface area contributed by atoms with Crippen molar-refractivity contribution >= 4 is 23.8 Å². The fraction of sp³-hybridized carbons (Fsp3) is 0. The van der Waals surface area contributed by atoms with E-state index in [9.17, 15) is 4.79 Å². The quantitative estimate of drug-likeness (QED) is 0.722. The van der Waals surface area contributed by atoms with Crippen LogP contribution in [0.1, 0.15) is 11.3 Å². The van der Waals surface area contributed by atoms with Crippen molar-refractivity contribution in [3.63, 3.8) is 0 Å². The van der Waals surface area contributed by atoms with Crippen LogP contribution in [-0.4, -0.2) is 14.9 Å². The molecule has 23 heavy (non-hydrogen) atoms. The standard InChI is InChI=1S/C17H15N5O/c18-22-16(23)15(12-11-13-7-3-1-4-8-13)20-21-17(22)19-14-9-5-2-6-10-14/h1-12H,18H2,(H,19,21)/b12-11+. The molecule has 1 heterocycles. The molecule has 0 saturated heterocycles. The Kier molecular flexibility index (Phi) is 4.15. The maximum atomic E-state index is 12.2. The number of nitrogens with zero attached hydrogens (tertiary/aromatic N) is 3. The van der Waals surface area contributed by atoms with Gasteiger partial charge in [0.15, 0.2) is 5.69 Å². The van der Waals surface area contributed by atoms with Crippen molar-refractivity contribution in [1.29, 1.82) is 0 Å². The summed E-state index contributed by atoms with van der Waals surface area (Å²) in [5.41, 5.74) is 1.48. The fourth-order valence-electron chi connectivity index (χ4n) is 1.99. The molecule has 0 aliphatic rings. The highest BCUT2D eigenvalue weighted by Crippen LogP contribution is 2.11. The molecule has 0 fully saturated rings. The average Bonchev–Trinajstić information content (AvgIpc) is 2.60. The molecule has 0 unspecified atom stereocenters. The number of anilines is 2. The van der Waals surface area contributed by atoms with Gasteiger partial charge < -0.3 is 11.2 Å². The van der Waals surface area contributed by atoms with E-state index in [1.165, 1.54) is 0 Å². The van der Waals surface area contributed by atoms with Crippen molar-refractivity contribution in [2.24, 2.45) is 0 Å². The molecule has 1 aromatic heterocycles. The molecule has 0 amide bonds. The summed E-state index contributed by atoms with van der Waals surface area (Å²) in [6.07, 6.45) is 3.38. The Bertz CT molecular complexity index is 872. The second kappa shape index (κ2) is 6.57. The topological polar surface area (TPSA) is 85.8 Å². The van der Waals surface area contributed by atoms with Crippen molar-refractivity contribution in [2.45, 2.75) is 0 Å². The molecule has 2 aromatic carbocycles. The molecular weight excluding hydrogens is 290 g/mol. The largest absolute Gasteiger partial charge is 0.333 e. The summed E-state index contributed by atoms with van der Waals surface area (Å²) in [5.74, 6) is 5.98. The lowest BCUT2D eigenvalue weighted by Gasteiger charge is -2.08. The van der Waals surface area contributed by atoms with Crippen LogP contribution in [0.3, 0.4) is 0 Å². The van der Waals surface area contributed by atoms with Gasteiger partial charge in [-0.15, -0.1) is 10.2 Å². The SMILES string of the molecule is Nn1c(Nc2ccccc2)nnc(/C=C/c2ccccc2)c1=O. The number of rotatable bonds is 4. The van der Waals surface area contributed by atoms with E-state index in [1.807, 2.05) is 60.7 Å². The van der Waals surface area contributed by atoms with Crippen molar-refractivity contribution in [3.8, 4) is 0 Å². The van der Waals surface area contributed by atoms with Crippen LogP contribution in [0, 0.1) is 0 Å². The van der Waals surface area contributed by atoms with Gasteiger partial charge in [0.1, 0.15) is 0 Å². The summed E-state index contributed by atoms with van der Waals surface area (Å²) >= 11 is 0.